The molecule has 1 saturated heterocycles. The second-order valence-corrected chi connectivity index (χ2v) is 8.47. The van der Waals surface area contributed by atoms with Crippen LogP contribution in [0.15, 0.2) is 36.9 Å². The first-order valence-electron chi connectivity index (χ1n) is 11.0. The predicted octanol–water partition coefficient (Wildman–Crippen LogP) is 3.77. The summed E-state index contributed by atoms with van der Waals surface area (Å²) in [6.45, 7) is 4.93. The predicted molar refractivity (Wildman–Crippen MR) is 121 cm³/mol. The minimum Gasteiger partial charge on any atom is -0.486 e. The van der Waals surface area contributed by atoms with Gasteiger partial charge < -0.3 is 24.7 Å². The maximum Gasteiger partial charge on any atom is 0.410 e. The summed E-state index contributed by atoms with van der Waals surface area (Å²) in [4.78, 5) is 17.8. The molecule has 0 bridgehead atoms. The lowest BCUT2D eigenvalue weighted by atomic mass is 10.1. The van der Waals surface area contributed by atoms with E-state index < -0.39 is 5.82 Å². The van der Waals surface area contributed by atoms with Crippen LogP contribution in [0.5, 0.6) is 5.75 Å². The summed E-state index contributed by atoms with van der Waals surface area (Å²) in [5.41, 5.74) is 8.53. The van der Waals surface area contributed by atoms with E-state index in [0.717, 1.165) is 24.1 Å². The highest BCUT2D eigenvalue weighted by Gasteiger charge is 2.27. The van der Waals surface area contributed by atoms with Gasteiger partial charge >= 0.3 is 6.09 Å². The van der Waals surface area contributed by atoms with Crippen LogP contribution < -0.4 is 10.5 Å². The smallest absolute Gasteiger partial charge is 0.410 e. The molecule has 1 aliphatic rings. The number of hydrogen-bond acceptors (Lipinski definition) is 6. The van der Waals surface area contributed by atoms with Crippen molar-refractivity contribution in [2.45, 2.75) is 45.4 Å². The van der Waals surface area contributed by atoms with Crippen LogP contribution in [0.4, 0.5) is 15.0 Å². The van der Waals surface area contributed by atoms with Crippen LogP contribution in [0, 0.1) is 5.82 Å². The fourth-order valence-corrected chi connectivity index (χ4v) is 3.95. The van der Waals surface area contributed by atoms with Gasteiger partial charge in [0.2, 0.25) is 0 Å². The second-order valence-electron chi connectivity index (χ2n) is 8.47. The number of anilines is 1. The maximum atomic E-state index is 14.6. The van der Waals surface area contributed by atoms with Crippen molar-refractivity contribution in [3.05, 3.63) is 48.3 Å². The number of carbonyl (C=O) groups is 1. The number of amides is 1. The van der Waals surface area contributed by atoms with E-state index in [0.29, 0.717) is 24.5 Å². The Kier molecular flexibility index (Phi) is 6.52. The first-order chi connectivity index (χ1) is 15.8. The molecular formula is C23H29FN6O3. The van der Waals surface area contributed by atoms with Gasteiger partial charge in [-0.3, -0.25) is 0 Å². The van der Waals surface area contributed by atoms with E-state index in [1.54, 1.807) is 40.4 Å². The molecule has 0 radical (unpaired) electrons. The van der Waals surface area contributed by atoms with E-state index in [9.17, 15) is 9.18 Å². The highest BCUT2D eigenvalue weighted by atomic mass is 19.1. The zero-order chi connectivity index (χ0) is 23.5. The Morgan fingerprint density at radius 3 is 2.67 bits per heavy atom. The Bertz CT molecular complexity index is 1120. The molecular weight excluding hydrogens is 427 g/mol. The van der Waals surface area contributed by atoms with Gasteiger partial charge in [0, 0.05) is 25.7 Å². The lowest BCUT2D eigenvalue weighted by Gasteiger charge is -2.32. The normalized spacial score (nSPS) is 14.6. The number of aryl methyl sites for hydroxylation is 1. The third-order valence-electron chi connectivity index (χ3n) is 5.75. The van der Waals surface area contributed by atoms with E-state index in [1.807, 2.05) is 25.5 Å². The molecule has 2 aromatic heterocycles. The van der Waals surface area contributed by atoms with E-state index in [1.165, 1.54) is 6.07 Å². The summed E-state index contributed by atoms with van der Waals surface area (Å²) < 4.78 is 29.2. The number of nitrogens with zero attached hydrogens (tertiary/aromatic N) is 5. The number of imidazole rings is 1. The third-order valence-corrected chi connectivity index (χ3v) is 5.75. The number of ether oxygens (including phenoxy) is 2. The number of aromatic nitrogens is 4. The number of nitrogens with two attached hydrogens (primary N) is 1. The highest BCUT2D eigenvalue weighted by molar-refractivity contribution is 5.67. The molecule has 0 aliphatic carbocycles. The van der Waals surface area contributed by atoms with Crippen LogP contribution >= 0.6 is 0 Å². The Balaban J connectivity index is 1.36. The Morgan fingerprint density at radius 2 is 2.03 bits per heavy atom. The molecule has 1 aliphatic heterocycles. The molecule has 1 amide bonds. The topological polar surface area (TPSA) is 100 Å². The number of carbonyl (C=O) groups excluding carboxylic acids is 1. The first-order valence-corrected chi connectivity index (χ1v) is 11.0. The lowest BCUT2D eigenvalue weighted by Crippen LogP contribution is -2.40. The van der Waals surface area contributed by atoms with Crippen LogP contribution in [0.3, 0.4) is 0 Å². The van der Waals surface area contributed by atoms with Crippen LogP contribution in [0.25, 0.3) is 11.3 Å². The van der Waals surface area contributed by atoms with E-state index in [-0.39, 0.29) is 30.6 Å². The average molecular weight is 457 g/mol. The van der Waals surface area contributed by atoms with Crippen molar-refractivity contribution in [1.29, 1.82) is 0 Å². The number of likely N-dealkylation sites (tertiary alicyclic amines) is 1. The van der Waals surface area contributed by atoms with Crippen molar-refractivity contribution < 1.29 is 18.7 Å². The van der Waals surface area contributed by atoms with Gasteiger partial charge in [0.05, 0.1) is 42.1 Å². The number of hydrogen-bond donors (Lipinski definition) is 1. The monoisotopic (exact) mass is 456 g/mol. The van der Waals surface area contributed by atoms with Gasteiger partial charge in [0.15, 0.2) is 11.6 Å². The van der Waals surface area contributed by atoms with E-state index in [4.69, 9.17) is 15.2 Å². The highest BCUT2D eigenvalue weighted by Crippen LogP contribution is 2.29. The number of piperidine rings is 1. The van der Waals surface area contributed by atoms with Crippen molar-refractivity contribution in [3.8, 4) is 17.0 Å². The number of nitrogen functional groups attached to an aromatic ring is 1. The SMILES string of the molecule is CC(C)OC(=O)N1CCC(n2ncc(COc3ccc(-c4cncn4C)cc3F)c2N)CC1. The number of rotatable bonds is 6. The van der Waals surface area contributed by atoms with Crippen molar-refractivity contribution in [3.63, 3.8) is 0 Å². The Hall–Kier alpha value is -3.56. The Labute approximate surface area is 191 Å². The van der Waals surface area contributed by atoms with Gasteiger partial charge in [-0.1, -0.05) is 0 Å². The van der Waals surface area contributed by atoms with Crippen LogP contribution in [0.1, 0.15) is 38.3 Å². The number of halogens is 1. The van der Waals surface area contributed by atoms with Crippen molar-refractivity contribution >= 4 is 11.9 Å². The first kappa shape index (κ1) is 22.6. The molecule has 4 rings (SSSR count). The van der Waals surface area contributed by atoms with Gasteiger partial charge in [-0.05, 0) is 44.9 Å². The molecule has 0 saturated carbocycles. The lowest BCUT2D eigenvalue weighted by molar-refractivity contribution is 0.0655. The zero-order valence-electron chi connectivity index (χ0n) is 19.1. The fraction of sp³-hybridized carbons (Fsp3) is 0.435. The minimum atomic E-state index is -0.458. The largest absolute Gasteiger partial charge is 0.486 e. The molecule has 3 heterocycles. The average Bonchev–Trinajstić information content (AvgIpc) is 3.38. The molecule has 176 valence electrons. The molecule has 0 spiro atoms. The standard InChI is InChI=1S/C23H29FN6O3/c1-15(2)33-23(31)29-8-6-18(7-9-29)30-22(25)17(11-27-30)13-32-21-5-4-16(10-19(21)24)20-12-26-14-28(20)3/h4-5,10-12,14-15,18H,6-9,13,25H2,1-3H3. The third kappa shape index (κ3) is 4.94. The summed E-state index contributed by atoms with van der Waals surface area (Å²) in [6, 6.07) is 4.90. The summed E-state index contributed by atoms with van der Waals surface area (Å²) in [6.07, 6.45) is 6.02. The Morgan fingerprint density at radius 1 is 1.27 bits per heavy atom. The van der Waals surface area contributed by atoms with Gasteiger partial charge in [-0.2, -0.15) is 5.10 Å². The molecule has 1 aromatic carbocycles. The van der Waals surface area contributed by atoms with Crippen LogP contribution in [0.2, 0.25) is 0 Å². The molecule has 0 unspecified atom stereocenters. The molecule has 0 atom stereocenters. The van der Waals surface area contributed by atoms with Crippen LogP contribution in [-0.4, -0.2) is 49.5 Å². The molecule has 33 heavy (non-hydrogen) atoms. The van der Waals surface area contributed by atoms with Gasteiger partial charge in [0.1, 0.15) is 12.4 Å². The van der Waals surface area contributed by atoms with Gasteiger partial charge in [-0.25, -0.2) is 18.9 Å². The summed E-state index contributed by atoms with van der Waals surface area (Å²) in [5, 5.41) is 4.42. The van der Waals surface area contributed by atoms with Crippen molar-refractivity contribution in [1.82, 2.24) is 24.2 Å². The van der Waals surface area contributed by atoms with E-state index >= 15 is 0 Å². The molecule has 9 nitrogen and oxygen atoms in total. The molecule has 1 fully saturated rings. The molecule has 2 N–H and O–H groups in total. The molecule has 10 heteroatoms. The van der Waals surface area contributed by atoms with Gasteiger partial charge in [-0.15, -0.1) is 0 Å². The van der Waals surface area contributed by atoms with Crippen molar-refractivity contribution in [2.75, 3.05) is 18.8 Å². The van der Waals surface area contributed by atoms with E-state index in [2.05, 4.69) is 10.1 Å². The summed E-state index contributed by atoms with van der Waals surface area (Å²) >= 11 is 0. The minimum absolute atomic E-state index is 0.0803. The maximum absolute atomic E-state index is 14.6. The van der Waals surface area contributed by atoms with Crippen molar-refractivity contribution in [2.24, 2.45) is 7.05 Å². The summed E-state index contributed by atoms with van der Waals surface area (Å²) in [5.74, 6) is 0.176. The summed E-state index contributed by atoms with van der Waals surface area (Å²) in [7, 11) is 1.85. The molecule has 3 aromatic rings. The van der Waals surface area contributed by atoms with Crippen LogP contribution in [-0.2, 0) is 18.4 Å². The number of benzene rings is 1. The fourth-order valence-electron chi connectivity index (χ4n) is 3.95. The second kappa shape index (κ2) is 9.51. The van der Waals surface area contributed by atoms with Gasteiger partial charge in [0.25, 0.3) is 0 Å². The zero-order valence-corrected chi connectivity index (χ0v) is 19.1. The quantitative estimate of drug-likeness (QED) is 0.606.